The van der Waals surface area contributed by atoms with Crippen LogP contribution in [0, 0.1) is 23.2 Å². The normalized spacial score (nSPS) is 32.0. The molecule has 4 fully saturated rings. The Morgan fingerprint density at radius 1 is 1.07 bits per heavy atom. The summed E-state index contributed by atoms with van der Waals surface area (Å²) in [6.45, 7) is 2.15. The first-order valence-corrected chi connectivity index (χ1v) is 10.2. The van der Waals surface area contributed by atoms with E-state index in [9.17, 15) is 4.79 Å². The average molecular weight is 373 g/mol. The maximum atomic E-state index is 12.6. The molecule has 27 heavy (non-hydrogen) atoms. The first-order chi connectivity index (χ1) is 13.0. The zero-order chi connectivity index (χ0) is 19.0. The van der Waals surface area contributed by atoms with Gasteiger partial charge in [0.1, 0.15) is 0 Å². The molecule has 148 valence electrons. The Labute approximate surface area is 161 Å². The standard InChI is InChI=1S/C22H31NO4/c1-14(22-10-15-7-16(11-22)9-17(8-15)12-22)23-20(24)13-27-21-18(25-2)5-4-6-19(21)26-3/h4-6,14-17H,7-13H2,1-3H3,(H,23,24)/t14-,15?,16?,17?,22?/m1/s1. The highest BCUT2D eigenvalue weighted by Gasteiger charge is 2.53. The SMILES string of the molecule is COc1cccc(OC)c1OCC(=O)N[C@H](C)C12CC3CC(CC(C3)C1)C2. The van der Waals surface area contributed by atoms with E-state index in [0.29, 0.717) is 22.7 Å². The lowest BCUT2D eigenvalue weighted by molar-refractivity contribution is -0.127. The van der Waals surface area contributed by atoms with Gasteiger partial charge in [-0.05, 0) is 80.8 Å². The van der Waals surface area contributed by atoms with Gasteiger partial charge in [0.05, 0.1) is 14.2 Å². The van der Waals surface area contributed by atoms with Gasteiger partial charge in [0, 0.05) is 6.04 Å². The third-order valence-electron chi connectivity index (χ3n) is 7.11. The van der Waals surface area contributed by atoms with Crippen LogP contribution in [-0.2, 0) is 4.79 Å². The zero-order valence-corrected chi connectivity index (χ0v) is 16.6. The number of ether oxygens (including phenoxy) is 3. The van der Waals surface area contributed by atoms with E-state index in [-0.39, 0.29) is 18.6 Å². The minimum atomic E-state index is -0.0776. The van der Waals surface area contributed by atoms with Crippen molar-refractivity contribution in [2.45, 2.75) is 51.5 Å². The van der Waals surface area contributed by atoms with Crippen molar-refractivity contribution in [2.24, 2.45) is 23.2 Å². The van der Waals surface area contributed by atoms with E-state index < -0.39 is 0 Å². The van der Waals surface area contributed by atoms with Crippen LogP contribution in [0.15, 0.2) is 18.2 Å². The second kappa shape index (κ2) is 7.25. The van der Waals surface area contributed by atoms with Crippen LogP contribution in [0.3, 0.4) is 0 Å². The summed E-state index contributed by atoms with van der Waals surface area (Å²) in [5, 5.41) is 3.24. The molecule has 1 amide bonds. The summed E-state index contributed by atoms with van der Waals surface area (Å²) >= 11 is 0. The molecule has 4 bridgehead atoms. The van der Waals surface area contributed by atoms with Crippen molar-refractivity contribution in [1.82, 2.24) is 5.32 Å². The number of nitrogens with one attached hydrogen (secondary N) is 1. The van der Waals surface area contributed by atoms with Crippen LogP contribution < -0.4 is 19.5 Å². The molecular weight excluding hydrogens is 342 g/mol. The topological polar surface area (TPSA) is 56.8 Å². The van der Waals surface area contributed by atoms with Crippen LogP contribution in [0.1, 0.15) is 45.4 Å². The molecule has 5 heteroatoms. The molecule has 4 aliphatic carbocycles. The summed E-state index contributed by atoms with van der Waals surface area (Å²) in [6, 6.07) is 5.63. The second-order valence-corrected chi connectivity index (χ2v) is 8.85. The Morgan fingerprint density at radius 2 is 1.59 bits per heavy atom. The third-order valence-corrected chi connectivity index (χ3v) is 7.11. The number of benzene rings is 1. The van der Waals surface area contributed by atoms with Gasteiger partial charge in [-0.25, -0.2) is 0 Å². The first kappa shape index (κ1) is 18.5. The monoisotopic (exact) mass is 373 g/mol. The Hall–Kier alpha value is -1.91. The van der Waals surface area contributed by atoms with E-state index in [2.05, 4.69) is 12.2 Å². The van der Waals surface area contributed by atoms with Gasteiger partial charge < -0.3 is 19.5 Å². The minimum Gasteiger partial charge on any atom is -0.493 e. The summed E-state index contributed by atoms with van der Waals surface area (Å²) in [6.07, 6.45) is 8.08. The maximum Gasteiger partial charge on any atom is 0.258 e. The molecule has 1 aromatic rings. The van der Waals surface area contributed by atoms with Crippen molar-refractivity contribution >= 4 is 5.91 Å². The van der Waals surface area contributed by atoms with Gasteiger partial charge in [0.2, 0.25) is 5.75 Å². The highest BCUT2D eigenvalue weighted by atomic mass is 16.5. The number of carbonyl (C=O) groups is 1. The van der Waals surface area contributed by atoms with Gasteiger partial charge in [-0.1, -0.05) is 6.07 Å². The number of methoxy groups -OCH3 is 2. The van der Waals surface area contributed by atoms with Crippen LogP contribution in [-0.4, -0.2) is 32.8 Å². The minimum absolute atomic E-state index is 0.0343. The van der Waals surface area contributed by atoms with Crippen molar-refractivity contribution in [2.75, 3.05) is 20.8 Å². The van der Waals surface area contributed by atoms with Gasteiger partial charge in [0.25, 0.3) is 5.91 Å². The lowest BCUT2D eigenvalue weighted by atomic mass is 9.48. The van der Waals surface area contributed by atoms with Crippen LogP contribution in [0.25, 0.3) is 0 Å². The molecule has 0 saturated heterocycles. The Bertz CT molecular complexity index is 644. The second-order valence-electron chi connectivity index (χ2n) is 8.85. The number of rotatable bonds is 7. The largest absolute Gasteiger partial charge is 0.493 e. The van der Waals surface area contributed by atoms with Crippen LogP contribution >= 0.6 is 0 Å². The fourth-order valence-electron chi connectivity index (χ4n) is 6.24. The highest BCUT2D eigenvalue weighted by Crippen LogP contribution is 2.61. The van der Waals surface area contributed by atoms with Crippen molar-refractivity contribution < 1.29 is 19.0 Å². The molecule has 0 radical (unpaired) electrons. The molecule has 1 atom stereocenters. The van der Waals surface area contributed by atoms with E-state index in [1.54, 1.807) is 26.4 Å². The van der Waals surface area contributed by atoms with E-state index in [0.717, 1.165) is 17.8 Å². The number of hydrogen-bond donors (Lipinski definition) is 1. The maximum absolute atomic E-state index is 12.6. The Kier molecular flexibility index (Phi) is 4.95. The van der Waals surface area contributed by atoms with Crippen LogP contribution in [0.4, 0.5) is 0 Å². The van der Waals surface area contributed by atoms with E-state index in [1.165, 1.54) is 38.5 Å². The molecule has 5 rings (SSSR count). The number of amides is 1. The van der Waals surface area contributed by atoms with E-state index in [1.807, 2.05) is 6.07 Å². The molecular formula is C22H31NO4. The molecule has 0 spiro atoms. The van der Waals surface area contributed by atoms with E-state index in [4.69, 9.17) is 14.2 Å². The van der Waals surface area contributed by atoms with Gasteiger partial charge in [0.15, 0.2) is 18.1 Å². The summed E-state index contributed by atoms with van der Waals surface area (Å²) in [5.41, 5.74) is 0.298. The molecule has 1 aromatic carbocycles. The highest BCUT2D eigenvalue weighted by molar-refractivity contribution is 5.78. The molecule has 0 heterocycles. The van der Waals surface area contributed by atoms with Crippen LogP contribution in [0.5, 0.6) is 17.2 Å². The van der Waals surface area contributed by atoms with Crippen molar-refractivity contribution in [3.63, 3.8) is 0 Å². The molecule has 4 saturated carbocycles. The quantitative estimate of drug-likeness (QED) is 0.790. The predicted octanol–water partition coefficient (Wildman–Crippen LogP) is 3.80. The molecule has 1 N–H and O–H groups in total. The Morgan fingerprint density at radius 3 is 2.07 bits per heavy atom. The van der Waals surface area contributed by atoms with Crippen molar-refractivity contribution in [3.8, 4) is 17.2 Å². The number of carbonyl (C=O) groups excluding carboxylic acids is 1. The fraction of sp³-hybridized carbons (Fsp3) is 0.682. The summed E-state index contributed by atoms with van der Waals surface area (Å²) in [5.74, 6) is 4.16. The molecule has 5 nitrogen and oxygen atoms in total. The van der Waals surface area contributed by atoms with Gasteiger partial charge >= 0.3 is 0 Å². The number of hydrogen-bond acceptors (Lipinski definition) is 4. The number of para-hydroxylation sites is 1. The summed E-state index contributed by atoms with van der Waals surface area (Å²) in [4.78, 5) is 12.6. The fourth-order valence-corrected chi connectivity index (χ4v) is 6.24. The molecule has 0 aromatic heterocycles. The zero-order valence-electron chi connectivity index (χ0n) is 16.6. The lowest BCUT2D eigenvalue weighted by Crippen LogP contribution is -2.56. The summed E-state index contributed by atoms with van der Waals surface area (Å²) < 4.78 is 16.4. The van der Waals surface area contributed by atoms with Gasteiger partial charge in [-0.2, -0.15) is 0 Å². The van der Waals surface area contributed by atoms with Gasteiger partial charge in [-0.3, -0.25) is 4.79 Å². The Balaban J connectivity index is 1.38. The smallest absolute Gasteiger partial charge is 0.258 e. The molecule has 0 aliphatic heterocycles. The predicted molar refractivity (Wildman–Crippen MR) is 103 cm³/mol. The third kappa shape index (κ3) is 3.48. The molecule has 4 aliphatic rings. The molecule has 0 unspecified atom stereocenters. The van der Waals surface area contributed by atoms with Crippen LogP contribution in [0.2, 0.25) is 0 Å². The summed E-state index contributed by atoms with van der Waals surface area (Å²) in [7, 11) is 3.16. The van der Waals surface area contributed by atoms with Crippen molar-refractivity contribution in [1.29, 1.82) is 0 Å². The van der Waals surface area contributed by atoms with Gasteiger partial charge in [-0.15, -0.1) is 0 Å². The van der Waals surface area contributed by atoms with E-state index >= 15 is 0 Å². The first-order valence-electron chi connectivity index (χ1n) is 10.2. The lowest BCUT2D eigenvalue weighted by Gasteiger charge is -2.59. The average Bonchev–Trinajstić information content (AvgIpc) is 2.64. The van der Waals surface area contributed by atoms with Crippen molar-refractivity contribution in [3.05, 3.63) is 18.2 Å².